The van der Waals surface area contributed by atoms with Gasteiger partial charge in [0, 0.05) is 17.5 Å². The first-order chi connectivity index (χ1) is 16.5. The molecular formula is C29H32N2O3. The summed E-state index contributed by atoms with van der Waals surface area (Å²) in [5, 5.41) is 5.64. The van der Waals surface area contributed by atoms with Crippen molar-refractivity contribution in [1.82, 2.24) is 10.2 Å². The zero-order valence-electron chi connectivity index (χ0n) is 19.9. The molecule has 34 heavy (non-hydrogen) atoms. The van der Waals surface area contributed by atoms with E-state index in [2.05, 4.69) is 84.7 Å². The Kier molecular flexibility index (Phi) is 5.25. The molecule has 7 rings (SSSR count). The number of nitrogens with zero attached hydrogens (tertiary/aromatic N) is 1. The monoisotopic (exact) mass is 456 g/mol. The van der Waals surface area contributed by atoms with Gasteiger partial charge in [-0.1, -0.05) is 62.4 Å². The van der Waals surface area contributed by atoms with Gasteiger partial charge in [0.25, 0.3) is 0 Å². The second-order valence-corrected chi connectivity index (χ2v) is 10.8. The number of alkyl carbamates (subject to hydrolysis) is 1. The lowest BCUT2D eigenvalue weighted by Gasteiger charge is -2.44. The molecular weight excluding hydrogens is 424 g/mol. The summed E-state index contributed by atoms with van der Waals surface area (Å²) in [5.41, 5.74) is 3.02. The van der Waals surface area contributed by atoms with Gasteiger partial charge in [0.2, 0.25) is 0 Å². The van der Waals surface area contributed by atoms with Crippen molar-refractivity contribution in [2.24, 2.45) is 11.3 Å². The number of rotatable bonds is 3. The molecule has 3 saturated heterocycles. The van der Waals surface area contributed by atoms with Crippen molar-refractivity contribution >= 4 is 16.9 Å². The Bertz CT molecular complexity index is 1230. The van der Waals surface area contributed by atoms with Gasteiger partial charge in [0.1, 0.15) is 11.9 Å². The SMILES string of the molecule is CC1(C)COc2cc(-c3ccc4ccccc4c3)ccc2C1NC(=O)O[C@@H]1CN2CCC1CC2. The van der Waals surface area contributed by atoms with Gasteiger partial charge in [-0.15, -0.1) is 0 Å². The molecule has 2 bridgehead atoms. The molecule has 1 N–H and O–H groups in total. The van der Waals surface area contributed by atoms with Gasteiger partial charge < -0.3 is 14.8 Å². The number of nitrogens with one attached hydrogen (secondary N) is 1. The summed E-state index contributed by atoms with van der Waals surface area (Å²) < 4.78 is 12.1. The average Bonchev–Trinajstić information content (AvgIpc) is 2.86. The molecule has 1 unspecified atom stereocenters. The molecule has 3 aromatic carbocycles. The zero-order chi connectivity index (χ0) is 23.3. The summed E-state index contributed by atoms with van der Waals surface area (Å²) in [6.07, 6.45) is 1.94. The van der Waals surface area contributed by atoms with Crippen LogP contribution in [0.3, 0.4) is 0 Å². The zero-order valence-corrected chi connectivity index (χ0v) is 19.9. The minimum atomic E-state index is -0.316. The standard InChI is InChI=1S/C29H32N2O3/c1-29(2)18-33-25-16-23(22-8-7-19-5-3-4-6-21(19)15-22)9-10-24(25)27(29)30-28(32)34-26-17-31-13-11-20(26)12-14-31/h3-10,15-16,20,26-27H,11-14,17-18H2,1-2H3,(H,30,32)/t26-,27?/m1/s1. The van der Waals surface area contributed by atoms with Crippen LogP contribution < -0.4 is 10.1 Å². The second-order valence-electron chi connectivity index (χ2n) is 10.8. The summed E-state index contributed by atoms with van der Waals surface area (Å²) >= 11 is 0. The molecule has 1 amide bonds. The average molecular weight is 457 g/mol. The smallest absolute Gasteiger partial charge is 0.407 e. The second kappa shape index (κ2) is 8.31. The number of hydrogen-bond donors (Lipinski definition) is 1. The van der Waals surface area contributed by atoms with E-state index in [1.807, 2.05) is 0 Å². The molecule has 4 heterocycles. The van der Waals surface area contributed by atoms with E-state index in [0.29, 0.717) is 12.5 Å². The highest BCUT2D eigenvalue weighted by molar-refractivity contribution is 5.87. The van der Waals surface area contributed by atoms with Crippen molar-refractivity contribution in [3.63, 3.8) is 0 Å². The van der Waals surface area contributed by atoms with E-state index >= 15 is 0 Å². The van der Waals surface area contributed by atoms with Gasteiger partial charge in [-0.25, -0.2) is 4.79 Å². The van der Waals surface area contributed by atoms with E-state index in [0.717, 1.165) is 54.9 Å². The van der Waals surface area contributed by atoms with Crippen molar-refractivity contribution in [3.05, 3.63) is 66.2 Å². The maximum atomic E-state index is 13.0. The van der Waals surface area contributed by atoms with Gasteiger partial charge in [0.15, 0.2) is 0 Å². The Labute approximate surface area is 201 Å². The highest BCUT2D eigenvalue weighted by Crippen LogP contribution is 2.44. The fraction of sp³-hybridized carbons (Fsp3) is 0.414. The summed E-state index contributed by atoms with van der Waals surface area (Å²) in [6, 6.07) is 21.1. The lowest BCUT2D eigenvalue weighted by molar-refractivity contribution is -0.0361. The Hall–Kier alpha value is -3.05. The van der Waals surface area contributed by atoms with Crippen molar-refractivity contribution < 1.29 is 14.3 Å². The highest BCUT2D eigenvalue weighted by atomic mass is 16.6. The maximum Gasteiger partial charge on any atom is 0.407 e. The van der Waals surface area contributed by atoms with Gasteiger partial charge in [-0.05, 0) is 65.9 Å². The number of benzene rings is 3. The molecule has 3 aromatic rings. The molecule has 2 atom stereocenters. The van der Waals surface area contributed by atoms with E-state index in [1.54, 1.807) is 0 Å². The summed E-state index contributed by atoms with van der Waals surface area (Å²) in [4.78, 5) is 15.4. The third kappa shape index (κ3) is 3.92. The molecule has 0 aliphatic carbocycles. The lowest BCUT2D eigenvalue weighted by Crippen LogP contribution is -2.53. The Morgan fingerprint density at radius 3 is 2.50 bits per heavy atom. The lowest BCUT2D eigenvalue weighted by atomic mass is 9.78. The summed E-state index contributed by atoms with van der Waals surface area (Å²) in [7, 11) is 0. The molecule has 176 valence electrons. The van der Waals surface area contributed by atoms with Crippen LogP contribution in [0.2, 0.25) is 0 Å². The van der Waals surface area contributed by atoms with Crippen LogP contribution in [-0.2, 0) is 4.74 Å². The van der Waals surface area contributed by atoms with Gasteiger partial charge >= 0.3 is 6.09 Å². The van der Waals surface area contributed by atoms with E-state index < -0.39 is 0 Å². The molecule has 0 aromatic heterocycles. The molecule has 4 aliphatic rings. The van der Waals surface area contributed by atoms with Crippen molar-refractivity contribution in [1.29, 1.82) is 0 Å². The predicted octanol–water partition coefficient (Wildman–Crippen LogP) is 5.79. The molecule has 0 saturated carbocycles. The van der Waals surface area contributed by atoms with E-state index in [9.17, 15) is 4.79 Å². The van der Waals surface area contributed by atoms with Gasteiger partial charge in [0.05, 0.1) is 12.6 Å². The van der Waals surface area contributed by atoms with Crippen molar-refractivity contribution in [2.75, 3.05) is 26.2 Å². The van der Waals surface area contributed by atoms with E-state index in [-0.39, 0.29) is 23.7 Å². The number of amides is 1. The number of hydrogen-bond acceptors (Lipinski definition) is 4. The van der Waals surface area contributed by atoms with Crippen LogP contribution >= 0.6 is 0 Å². The first kappa shape index (κ1) is 21.5. The van der Waals surface area contributed by atoms with E-state index in [1.165, 1.54) is 10.8 Å². The molecule has 4 aliphatic heterocycles. The predicted molar refractivity (Wildman–Crippen MR) is 134 cm³/mol. The van der Waals surface area contributed by atoms with Crippen LogP contribution in [0, 0.1) is 11.3 Å². The number of carbonyl (C=O) groups is 1. The van der Waals surface area contributed by atoms with E-state index in [4.69, 9.17) is 9.47 Å². The molecule has 0 radical (unpaired) electrons. The minimum absolute atomic E-state index is 0.000188. The molecule has 5 nitrogen and oxygen atoms in total. The molecule has 0 spiro atoms. The summed E-state index contributed by atoms with van der Waals surface area (Å²) in [6.45, 7) is 7.92. The fourth-order valence-corrected chi connectivity index (χ4v) is 5.82. The first-order valence-electron chi connectivity index (χ1n) is 12.4. The molecule has 3 fully saturated rings. The fourth-order valence-electron chi connectivity index (χ4n) is 5.82. The number of piperidine rings is 3. The van der Waals surface area contributed by atoms with Crippen LogP contribution in [0.1, 0.15) is 38.3 Å². The highest BCUT2D eigenvalue weighted by Gasteiger charge is 2.41. The van der Waals surface area contributed by atoms with Gasteiger partial charge in [-0.2, -0.15) is 0 Å². The largest absolute Gasteiger partial charge is 0.493 e. The normalized spacial score (nSPS) is 27.0. The number of ether oxygens (including phenoxy) is 2. The Balaban J connectivity index is 1.24. The topological polar surface area (TPSA) is 50.8 Å². The third-order valence-corrected chi connectivity index (χ3v) is 7.91. The van der Waals surface area contributed by atoms with Crippen LogP contribution in [0.15, 0.2) is 60.7 Å². The van der Waals surface area contributed by atoms with Crippen molar-refractivity contribution in [2.45, 2.75) is 38.8 Å². The maximum absolute atomic E-state index is 13.0. The van der Waals surface area contributed by atoms with Crippen molar-refractivity contribution in [3.8, 4) is 16.9 Å². The summed E-state index contributed by atoms with van der Waals surface area (Å²) in [5.74, 6) is 1.33. The quantitative estimate of drug-likeness (QED) is 0.542. The van der Waals surface area contributed by atoms with Crippen LogP contribution in [-0.4, -0.2) is 43.3 Å². The van der Waals surface area contributed by atoms with Crippen LogP contribution in [0.5, 0.6) is 5.75 Å². The first-order valence-corrected chi connectivity index (χ1v) is 12.4. The van der Waals surface area contributed by atoms with Gasteiger partial charge in [-0.3, -0.25) is 4.90 Å². The van der Waals surface area contributed by atoms with Crippen LogP contribution in [0.25, 0.3) is 21.9 Å². The third-order valence-electron chi connectivity index (χ3n) is 7.91. The number of carbonyl (C=O) groups excluding carboxylic acids is 1. The number of fused-ring (bicyclic) bond motifs is 5. The molecule has 5 heteroatoms. The Morgan fingerprint density at radius 2 is 1.74 bits per heavy atom. The van der Waals surface area contributed by atoms with Crippen LogP contribution in [0.4, 0.5) is 4.79 Å². The minimum Gasteiger partial charge on any atom is -0.493 e. The Morgan fingerprint density at radius 1 is 1.00 bits per heavy atom.